The van der Waals surface area contributed by atoms with E-state index in [4.69, 9.17) is 14.2 Å². The molecule has 1 amide bonds. The van der Waals surface area contributed by atoms with Gasteiger partial charge in [0, 0.05) is 25.4 Å². The number of benzene rings is 1. The second kappa shape index (κ2) is 11.3. The van der Waals surface area contributed by atoms with Gasteiger partial charge in [0.25, 0.3) is 0 Å². The van der Waals surface area contributed by atoms with Crippen LogP contribution in [0.4, 0.5) is 50.1 Å². The van der Waals surface area contributed by atoms with Crippen LogP contribution in [0.15, 0.2) is 42.7 Å². The molecule has 0 bridgehead atoms. The molecular formula is C26H24F9N3O4. The molecule has 0 radical (unpaired) electrons. The normalized spacial score (nSPS) is 21.7. The van der Waals surface area contributed by atoms with E-state index in [1.54, 1.807) is 6.92 Å². The van der Waals surface area contributed by atoms with Crippen molar-refractivity contribution in [3.63, 3.8) is 0 Å². The molecule has 2 aromatic rings. The Bertz CT molecular complexity index is 1310. The Hall–Kier alpha value is -3.53. The number of hydrogen-bond donors (Lipinski definition) is 0. The summed E-state index contributed by atoms with van der Waals surface area (Å²) in [5.41, 5.74) is -5.61. The number of carbonyl (C=O) groups is 1. The van der Waals surface area contributed by atoms with E-state index in [1.807, 2.05) is 0 Å². The molecule has 1 aromatic heterocycles. The Labute approximate surface area is 233 Å². The SMILES string of the molecule is C=C1[C@@H](c2cc(C(F)(F)F)cc(C(F)(F)F)c2)OC(=O)N1Cc1cc(C(F)(F)F)cnc1N(C)[C@H]1COC[C@@H]1OCC. The maximum atomic E-state index is 13.6. The van der Waals surface area contributed by atoms with Gasteiger partial charge in [0.2, 0.25) is 0 Å². The molecule has 230 valence electrons. The van der Waals surface area contributed by atoms with Crippen LogP contribution in [-0.4, -0.2) is 55.0 Å². The average Bonchev–Trinajstić information content (AvgIpc) is 3.46. The van der Waals surface area contributed by atoms with Gasteiger partial charge in [-0.05, 0) is 36.8 Å². The number of alkyl halides is 9. The standard InChI is InChI=1S/C26H24F9N3O4/c1-4-41-20-12-40-11-19(20)37(3)22-15(7-18(9-36-22)26(33,34)35)10-38-13(2)21(42-23(38)39)14-5-16(24(27,28)29)8-17(6-14)25(30,31)32/h5-9,19-21H,2,4,10-12H2,1,3H3/t19-,20-,21-/m0/s1. The molecule has 16 heteroatoms. The summed E-state index contributed by atoms with van der Waals surface area (Å²) in [5, 5.41) is 0. The Kier molecular flexibility index (Phi) is 8.43. The van der Waals surface area contributed by atoms with Gasteiger partial charge in [-0.25, -0.2) is 9.78 Å². The van der Waals surface area contributed by atoms with E-state index in [1.165, 1.54) is 11.9 Å². The van der Waals surface area contributed by atoms with Gasteiger partial charge in [-0.3, -0.25) is 4.90 Å². The van der Waals surface area contributed by atoms with Gasteiger partial charge in [-0.15, -0.1) is 0 Å². The van der Waals surface area contributed by atoms with Crippen molar-refractivity contribution >= 4 is 11.9 Å². The number of nitrogens with zero attached hydrogens (tertiary/aromatic N) is 3. The highest BCUT2D eigenvalue weighted by molar-refractivity contribution is 5.74. The van der Waals surface area contributed by atoms with Crippen LogP contribution in [0.2, 0.25) is 0 Å². The first kappa shape index (κ1) is 31.4. The zero-order chi connectivity index (χ0) is 31.2. The van der Waals surface area contributed by atoms with Crippen molar-refractivity contribution in [2.45, 2.75) is 50.2 Å². The van der Waals surface area contributed by atoms with Crippen molar-refractivity contribution in [3.05, 3.63) is 70.6 Å². The van der Waals surface area contributed by atoms with Gasteiger partial charge in [-0.2, -0.15) is 39.5 Å². The monoisotopic (exact) mass is 613 g/mol. The molecule has 0 unspecified atom stereocenters. The number of pyridine rings is 1. The fourth-order valence-corrected chi connectivity index (χ4v) is 4.73. The second-order valence-electron chi connectivity index (χ2n) is 9.59. The first-order valence-corrected chi connectivity index (χ1v) is 12.4. The number of amides is 1. The van der Waals surface area contributed by atoms with Crippen molar-refractivity contribution in [2.24, 2.45) is 0 Å². The summed E-state index contributed by atoms with van der Waals surface area (Å²) in [4.78, 5) is 19.0. The highest BCUT2D eigenvalue weighted by atomic mass is 19.4. The van der Waals surface area contributed by atoms with Crippen molar-refractivity contribution in [3.8, 4) is 0 Å². The van der Waals surface area contributed by atoms with Gasteiger partial charge < -0.3 is 19.1 Å². The Balaban J connectivity index is 1.70. The minimum atomic E-state index is -5.16. The summed E-state index contributed by atoms with van der Waals surface area (Å²) in [7, 11) is 1.53. The molecule has 0 aliphatic carbocycles. The molecule has 0 spiro atoms. The highest BCUT2D eigenvalue weighted by Crippen LogP contribution is 2.43. The minimum Gasteiger partial charge on any atom is -0.434 e. The summed E-state index contributed by atoms with van der Waals surface area (Å²) in [6, 6.07) is 0.964. The van der Waals surface area contributed by atoms with Crippen LogP contribution in [0.1, 0.15) is 40.8 Å². The molecule has 0 N–H and O–H groups in total. The van der Waals surface area contributed by atoms with E-state index in [-0.39, 0.29) is 36.4 Å². The fourth-order valence-electron chi connectivity index (χ4n) is 4.73. The molecule has 3 heterocycles. The predicted octanol–water partition coefficient (Wildman–Crippen LogP) is 6.59. The summed E-state index contributed by atoms with van der Waals surface area (Å²) in [6.07, 6.45) is -18.0. The second-order valence-corrected chi connectivity index (χ2v) is 9.59. The third kappa shape index (κ3) is 6.43. The third-order valence-corrected chi connectivity index (χ3v) is 6.81. The quantitative estimate of drug-likeness (QED) is 0.329. The van der Waals surface area contributed by atoms with Crippen LogP contribution in [0.25, 0.3) is 0 Å². The molecule has 42 heavy (non-hydrogen) atoms. The van der Waals surface area contributed by atoms with Gasteiger partial charge >= 0.3 is 24.6 Å². The molecule has 2 aliphatic rings. The summed E-state index contributed by atoms with van der Waals surface area (Å²) >= 11 is 0. The van der Waals surface area contributed by atoms with Gasteiger partial charge in [0.1, 0.15) is 11.9 Å². The molecule has 4 rings (SSSR count). The van der Waals surface area contributed by atoms with Gasteiger partial charge in [0.15, 0.2) is 6.10 Å². The van der Waals surface area contributed by atoms with Gasteiger partial charge in [-0.1, -0.05) is 6.58 Å². The lowest BCUT2D eigenvalue weighted by molar-refractivity contribution is -0.143. The lowest BCUT2D eigenvalue weighted by Gasteiger charge is -2.31. The van der Waals surface area contributed by atoms with Crippen molar-refractivity contribution in [1.82, 2.24) is 9.88 Å². The molecule has 0 saturated carbocycles. The number of halogens is 9. The number of cyclic esters (lactones) is 1. The highest BCUT2D eigenvalue weighted by Gasteiger charge is 2.43. The predicted molar refractivity (Wildman–Crippen MR) is 128 cm³/mol. The third-order valence-electron chi connectivity index (χ3n) is 6.81. The zero-order valence-corrected chi connectivity index (χ0v) is 22.0. The Morgan fingerprint density at radius 2 is 1.57 bits per heavy atom. The van der Waals surface area contributed by atoms with E-state index in [2.05, 4.69) is 11.6 Å². The number of aromatic nitrogens is 1. The van der Waals surface area contributed by atoms with Crippen LogP contribution in [0, 0.1) is 0 Å². The number of carbonyl (C=O) groups excluding carboxylic acids is 1. The summed E-state index contributed by atoms with van der Waals surface area (Å²) < 4.78 is 137. The summed E-state index contributed by atoms with van der Waals surface area (Å²) in [5.74, 6) is 0.00526. The van der Waals surface area contributed by atoms with Crippen LogP contribution in [-0.2, 0) is 39.3 Å². The molecule has 2 fully saturated rings. The largest absolute Gasteiger partial charge is 0.434 e. The number of rotatable bonds is 7. The number of hydrogen-bond acceptors (Lipinski definition) is 6. The maximum Gasteiger partial charge on any atom is 0.417 e. The van der Waals surface area contributed by atoms with Crippen LogP contribution in [0.3, 0.4) is 0 Å². The molecule has 2 saturated heterocycles. The fraction of sp³-hybridized carbons (Fsp3) is 0.462. The van der Waals surface area contributed by atoms with Gasteiger partial charge in [0.05, 0.1) is 48.2 Å². The van der Waals surface area contributed by atoms with Crippen LogP contribution in [0.5, 0.6) is 0 Å². The zero-order valence-electron chi connectivity index (χ0n) is 22.0. The Morgan fingerprint density at radius 3 is 2.12 bits per heavy atom. The minimum absolute atomic E-state index is 0.00526. The maximum absolute atomic E-state index is 13.6. The number of likely N-dealkylation sites (N-methyl/N-ethyl adjacent to an activating group) is 1. The lowest BCUT2D eigenvalue weighted by atomic mass is 9.99. The lowest BCUT2D eigenvalue weighted by Crippen LogP contribution is -2.43. The summed E-state index contributed by atoms with van der Waals surface area (Å²) in [6.45, 7) is 5.42. The molecule has 3 atom stereocenters. The van der Waals surface area contributed by atoms with E-state index in [0.717, 1.165) is 11.0 Å². The molecule has 2 aliphatic heterocycles. The average molecular weight is 613 g/mol. The van der Waals surface area contributed by atoms with E-state index < -0.39 is 71.7 Å². The van der Waals surface area contributed by atoms with E-state index >= 15 is 0 Å². The van der Waals surface area contributed by atoms with E-state index in [0.29, 0.717) is 24.9 Å². The molecule has 1 aromatic carbocycles. The van der Waals surface area contributed by atoms with Crippen molar-refractivity contribution < 1.29 is 58.5 Å². The van der Waals surface area contributed by atoms with Crippen LogP contribution < -0.4 is 4.90 Å². The Morgan fingerprint density at radius 1 is 0.976 bits per heavy atom. The first-order chi connectivity index (χ1) is 19.4. The van der Waals surface area contributed by atoms with E-state index in [9.17, 15) is 44.3 Å². The van der Waals surface area contributed by atoms with Crippen LogP contribution >= 0.6 is 0 Å². The van der Waals surface area contributed by atoms with Crippen molar-refractivity contribution in [1.29, 1.82) is 0 Å². The van der Waals surface area contributed by atoms with Crippen molar-refractivity contribution in [2.75, 3.05) is 31.8 Å². The number of anilines is 1. The molecule has 7 nitrogen and oxygen atoms in total. The first-order valence-electron chi connectivity index (χ1n) is 12.4. The topological polar surface area (TPSA) is 64.1 Å². The number of ether oxygens (including phenoxy) is 3. The smallest absolute Gasteiger partial charge is 0.417 e. The molecular weight excluding hydrogens is 589 g/mol.